The third-order valence-corrected chi connectivity index (χ3v) is 7.85. The zero-order valence-electron chi connectivity index (χ0n) is 14.8. The van der Waals surface area contributed by atoms with Gasteiger partial charge in [0, 0.05) is 51.6 Å². The van der Waals surface area contributed by atoms with Crippen molar-refractivity contribution in [2.24, 2.45) is 4.99 Å². The van der Waals surface area contributed by atoms with Crippen LogP contribution in [0.5, 0.6) is 0 Å². The summed E-state index contributed by atoms with van der Waals surface area (Å²) in [6.45, 7) is 5.94. The molecule has 1 atom stereocenters. The Balaban J connectivity index is 1.33. The van der Waals surface area contributed by atoms with Crippen molar-refractivity contribution in [3.63, 3.8) is 0 Å². The van der Waals surface area contributed by atoms with Crippen molar-refractivity contribution in [2.75, 3.05) is 38.6 Å². The number of rotatable bonds is 4. The quantitative estimate of drug-likeness (QED) is 0.602. The summed E-state index contributed by atoms with van der Waals surface area (Å²) in [5.74, 6) is 1.00. The topological polar surface area (TPSA) is 51.2 Å². The Hall–Kier alpha value is -1.48. The average molecular weight is 392 g/mol. The maximum atomic E-state index is 12.2. The second kappa shape index (κ2) is 8.04. The summed E-state index contributed by atoms with van der Waals surface area (Å²) in [5, 5.41) is 2.51. The molecule has 4 rings (SSSR count). The van der Waals surface area contributed by atoms with Gasteiger partial charge in [-0.15, -0.1) is 10.9 Å². The fourth-order valence-electron chi connectivity index (χ4n) is 3.53. The molecule has 1 N–H and O–H groups in total. The van der Waals surface area contributed by atoms with Crippen molar-refractivity contribution in [2.45, 2.75) is 19.4 Å². The zero-order chi connectivity index (χ0) is 17.9. The van der Waals surface area contributed by atoms with Crippen LogP contribution in [0.3, 0.4) is 0 Å². The molecule has 8 heteroatoms. The van der Waals surface area contributed by atoms with Gasteiger partial charge in [0.25, 0.3) is 0 Å². The number of fused-ring (bicyclic) bond motifs is 1. The Kier molecular flexibility index (Phi) is 5.54. The number of thiocarbonyl (C=S) groups is 1. The molecule has 140 valence electrons. The van der Waals surface area contributed by atoms with E-state index in [0.717, 1.165) is 61.1 Å². The molecule has 3 aliphatic rings. The number of piperazine rings is 1. The molecule has 2 fully saturated rings. The maximum Gasteiger partial charge on any atom is 0.247 e. The van der Waals surface area contributed by atoms with E-state index in [1.54, 1.807) is 5.01 Å². The first-order valence-corrected chi connectivity index (χ1v) is 11.1. The largest absolute Gasteiger partial charge is 0.297 e. The van der Waals surface area contributed by atoms with E-state index in [-0.39, 0.29) is 5.91 Å². The van der Waals surface area contributed by atoms with Gasteiger partial charge in [-0.1, -0.05) is 42.5 Å². The first-order chi connectivity index (χ1) is 12.7. The number of hydrogen-bond acceptors (Lipinski definition) is 5. The van der Waals surface area contributed by atoms with Crippen LogP contribution in [-0.4, -0.2) is 68.8 Å². The summed E-state index contributed by atoms with van der Waals surface area (Å²) >= 11 is 5.54. The molecule has 0 aromatic heterocycles. The van der Waals surface area contributed by atoms with Gasteiger partial charge in [-0.25, -0.2) is 0 Å². The van der Waals surface area contributed by atoms with Gasteiger partial charge in [0.1, 0.15) is 4.32 Å². The van der Waals surface area contributed by atoms with Crippen molar-refractivity contribution in [1.29, 1.82) is 0 Å². The third kappa shape index (κ3) is 3.93. The molecule has 0 radical (unpaired) electrons. The predicted molar refractivity (Wildman–Crippen MR) is 111 cm³/mol. The Morgan fingerprint density at radius 2 is 1.85 bits per heavy atom. The lowest BCUT2D eigenvalue weighted by molar-refractivity contribution is -0.128. The van der Waals surface area contributed by atoms with Crippen LogP contribution < -0.4 is 5.43 Å². The van der Waals surface area contributed by atoms with Gasteiger partial charge in [0.15, 0.2) is 5.17 Å². The second-order valence-electron chi connectivity index (χ2n) is 6.88. The standard InChI is InChI=1S/C18H25N5OS2/c24-16-7-4-8-19-17-23(16)20-18(25)26(17)14-22-11-9-21(10-12-22)13-15-5-2-1-3-6-15/h1-3,5-6,26H,4,7-14H2,(H,20,25). The van der Waals surface area contributed by atoms with Crippen molar-refractivity contribution in [3.8, 4) is 0 Å². The molecule has 0 saturated carbocycles. The highest BCUT2D eigenvalue weighted by molar-refractivity contribution is 8.46. The molecule has 0 spiro atoms. The third-order valence-electron chi connectivity index (χ3n) is 5.00. The van der Waals surface area contributed by atoms with E-state index in [2.05, 4.69) is 50.5 Å². The summed E-state index contributed by atoms with van der Waals surface area (Å²) in [6, 6.07) is 10.6. The number of carbonyl (C=O) groups excluding carboxylic acids is 1. The Labute approximate surface area is 162 Å². The number of carbonyl (C=O) groups is 1. The molecule has 3 aliphatic heterocycles. The number of nitrogens with one attached hydrogen (secondary N) is 1. The Morgan fingerprint density at radius 1 is 1.12 bits per heavy atom. The summed E-state index contributed by atoms with van der Waals surface area (Å²) < 4.78 is 0.792. The minimum Gasteiger partial charge on any atom is -0.297 e. The van der Waals surface area contributed by atoms with Gasteiger partial charge in [-0.05, 0) is 12.0 Å². The molecular formula is C18H25N5OS2. The van der Waals surface area contributed by atoms with E-state index < -0.39 is 10.9 Å². The lowest BCUT2D eigenvalue weighted by Gasteiger charge is -2.36. The molecule has 3 heterocycles. The molecule has 0 aliphatic carbocycles. The summed E-state index contributed by atoms with van der Waals surface area (Å²) in [6.07, 6.45) is 1.37. The van der Waals surface area contributed by atoms with Crippen LogP contribution in [0.1, 0.15) is 18.4 Å². The van der Waals surface area contributed by atoms with Crippen LogP contribution in [0.15, 0.2) is 35.3 Å². The van der Waals surface area contributed by atoms with Crippen LogP contribution in [0.2, 0.25) is 0 Å². The average Bonchev–Trinajstić information content (AvgIpc) is 2.85. The number of hydrogen-bond donors (Lipinski definition) is 2. The van der Waals surface area contributed by atoms with Crippen LogP contribution in [-0.2, 0) is 11.3 Å². The Morgan fingerprint density at radius 3 is 2.62 bits per heavy atom. The monoisotopic (exact) mass is 391 g/mol. The number of aliphatic imine (C=N–C) groups is 1. The lowest BCUT2D eigenvalue weighted by atomic mass is 10.2. The van der Waals surface area contributed by atoms with E-state index in [1.807, 2.05) is 0 Å². The summed E-state index contributed by atoms with van der Waals surface area (Å²) in [5.41, 5.74) is 4.47. The van der Waals surface area contributed by atoms with Crippen molar-refractivity contribution in [3.05, 3.63) is 35.9 Å². The minimum absolute atomic E-state index is 0.0984. The number of amidine groups is 1. The maximum absolute atomic E-state index is 12.2. The van der Waals surface area contributed by atoms with Gasteiger partial charge >= 0.3 is 0 Å². The van der Waals surface area contributed by atoms with Gasteiger partial charge in [-0.3, -0.25) is 25.0 Å². The zero-order valence-corrected chi connectivity index (χ0v) is 16.5. The molecule has 26 heavy (non-hydrogen) atoms. The molecule has 1 aromatic carbocycles. The van der Waals surface area contributed by atoms with Gasteiger partial charge in [-0.2, -0.15) is 5.01 Å². The first kappa shape index (κ1) is 17.9. The van der Waals surface area contributed by atoms with Gasteiger partial charge in [0.2, 0.25) is 5.91 Å². The highest BCUT2D eigenvalue weighted by Gasteiger charge is 2.37. The van der Waals surface area contributed by atoms with Crippen LogP contribution >= 0.6 is 23.1 Å². The number of benzene rings is 1. The van der Waals surface area contributed by atoms with Crippen LogP contribution in [0.4, 0.5) is 0 Å². The highest BCUT2D eigenvalue weighted by atomic mass is 32.2. The molecule has 6 nitrogen and oxygen atoms in total. The van der Waals surface area contributed by atoms with E-state index in [4.69, 9.17) is 12.2 Å². The van der Waals surface area contributed by atoms with Crippen LogP contribution in [0.25, 0.3) is 0 Å². The van der Waals surface area contributed by atoms with E-state index in [9.17, 15) is 4.79 Å². The summed E-state index contributed by atoms with van der Waals surface area (Å²) in [4.78, 5) is 21.9. The normalized spacial score (nSPS) is 26.2. The number of thiol groups is 1. The van der Waals surface area contributed by atoms with Crippen LogP contribution in [0, 0.1) is 0 Å². The molecule has 1 unspecified atom stereocenters. The SMILES string of the molecule is O=C1CCCN=C2N1NC(=S)[SH]2CN1CCN(Cc2ccccc2)CC1. The van der Waals surface area contributed by atoms with E-state index in [0.29, 0.717) is 6.42 Å². The van der Waals surface area contributed by atoms with E-state index in [1.165, 1.54) is 5.56 Å². The second-order valence-corrected chi connectivity index (χ2v) is 9.58. The fraction of sp³-hybridized carbons (Fsp3) is 0.500. The fourth-order valence-corrected chi connectivity index (χ4v) is 6.05. The number of amides is 1. The van der Waals surface area contributed by atoms with Crippen molar-refractivity contribution in [1.82, 2.24) is 20.2 Å². The Bertz CT molecular complexity index is 703. The number of hydrazine groups is 1. The summed E-state index contributed by atoms with van der Waals surface area (Å²) in [7, 11) is -0.710. The first-order valence-electron chi connectivity index (χ1n) is 9.15. The smallest absolute Gasteiger partial charge is 0.247 e. The van der Waals surface area contributed by atoms with Crippen molar-refractivity contribution >= 4 is 38.5 Å². The predicted octanol–water partition coefficient (Wildman–Crippen LogP) is 1.54. The molecule has 0 bridgehead atoms. The minimum atomic E-state index is -0.710. The number of nitrogens with zero attached hydrogens (tertiary/aromatic N) is 4. The lowest BCUT2D eigenvalue weighted by Crippen LogP contribution is -2.46. The molecular weight excluding hydrogens is 366 g/mol. The van der Waals surface area contributed by atoms with Gasteiger partial charge < -0.3 is 0 Å². The molecule has 2 saturated heterocycles. The molecule has 1 amide bonds. The van der Waals surface area contributed by atoms with Crippen molar-refractivity contribution < 1.29 is 4.79 Å². The highest BCUT2D eigenvalue weighted by Crippen LogP contribution is 2.37. The molecule has 1 aromatic rings. The van der Waals surface area contributed by atoms with E-state index >= 15 is 0 Å². The van der Waals surface area contributed by atoms with Gasteiger partial charge in [0.05, 0.1) is 0 Å².